The molecule has 0 heterocycles. The third kappa shape index (κ3) is 1.89. The fourth-order valence-electron chi connectivity index (χ4n) is 1.69. The van der Waals surface area contributed by atoms with Crippen LogP contribution < -0.4 is 0 Å². The van der Waals surface area contributed by atoms with Crippen LogP contribution in [0.2, 0.25) is 0 Å². The highest BCUT2D eigenvalue weighted by Gasteiger charge is 2.29. The predicted octanol–water partition coefficient (Wildman–Crippen LogP) is 2.50. The number of benzene rings is 1. The second kappa shape index (κ2) is 3.46. The lowest BCUT2D eigenvalue weighted by atomic mass is 10.0. The molecule has 0 aliphatic heterocycles. The van der Waals surface area contributed by atoms with Crippen LogP contribution >= 0.6 is 0 Å². The standard InChI is InChI=1S/C13H12O2/c1-8(14)10-4-3-5-11(6-10)13-7-12(13)9(2)15/h3-7,13H,1-2H3/t13-/m0/s1. The van der Waals surface area contributed by atoms with Gasteiger partial charge >= 0.3 is 0 Å². The second-order valence-corrected chi connectivity index (χ2v) is 3.84. The minimum Gasteiger partial charge on any atom is -0.295 e. The monoisotopic (exact) mass is 200 g/mol. The van der Waals surface area contributed by atoms with E-state index >= 15 is 0 Å². The molecule has 1 aliphatic carbocycles. The third-order valence-electron chi connectivity index (χ3n) is 2.63. The van der Waals surface area contributed by atoms with Crippen LogP contribution in [-0.4, -0.2) is 11.6 Å². The highest BCUT2D eigenvalue weighted by molar-refractivity contribution is 6.00. The van der Waals surface area contributed by atoms with Gasteiger partial charge in [0.2, 0.25) is 0 Å². The van der Waals surface area contributed by atoms with Crippen molar-refractivity contribution in [2.75, 3.05) is 0 Å². The smallest absolute Gasteiger partial charge is 0.159 e. The maximum absolute atomic E-state index is 11.2. The first-order valence-corrected chi connectivity index (χ1v) is 4.93. The average Bonchev–Trinajstić information content (AvgIpc) is 2.97. The predicted molar refractivity (Wildman–Crippen MR) is 58.0 cm³/mol. The van der Waals surface area contributed by atoms with Crippen LogP contribution in [0.1, 0.15) is 35.7 Å². The summed E-state index contributed by atoms with van der Waals surface area (Å²) in [6.45, 7) is 3.12. The average molecular weight is 200 g/mol. The van der Waals surface area contributed by atoms with Crippen LogP contribution in [0, 0.1) is 0 Å². The first kappa shape index (κ1) is 9.84. The lowest BCUT2D eigenvalue weighted by molar-refractivity contribution is -0.113. The van der Waals surface area contributed by atoms with E-state index in [-0.39, 0.29) is 17.5 Å². The van der Waals surface area contributed by atoms with Gasteiger partial charge in [-0.3, -0.25) is 9.59 Å². The Labute approximate surface area is 88.6 Å². The van der Waals surface area contributed by atoms with E-state index in [1.165, 1.54) is 0 Å². The van der Waals surface area contributed by atoms with Gasteiger partial charge in [-0.15, -0.1) is 0 Å². The van der Waals surface area contributed by atoms with Crippen LogP contribution in [-0.2, 0) is 4.79 Å². The fraction of sp³-hybridized carbons (Fsp3) is 0.231. The van der Waals surface area contributed by atoms with Crippen molar-refractivity contribution in [1.82, 2.24) is 0 Å². The van der Waals surface area contributed by atoms with E-state index in [4.69, 9.17) is 0 Å². The normalized spacial score (nSPS) is 18.3. The first-order valence-electron chi connectivity index (χ1n) is 4.93. The van der Waals surface area contributed by atoms with E-state index in [0.717, 1.165) is 11.1 Å². The van der Waals surface area contributed by atoms with Gasteiger partial charge in [0.15, 0.2) is 11.6 Å². The quantitative estimate of drug-likeness (QED) is 0.702. The van der Waals surface area contributed by atoms with Gasteiger partial charge in [0.1, 0.15) is 0 Å². The Morgan fingerprint density at radius 1 is 1.13 bits per heavy atom. The van der Waals surface area contributed by atoms with Gasteiger partial charge in [0.25, 0.3) is 0 Å². The Kier molecular flexibility index (Phi) is 2.27. The molecule has 15 heavy (non-hydrogen) atoms. The summed E-state index contributed by atoms with van der Waals surface area (Å²) in [5, 5.41) is 0. The Balaban J connectivity index is 2.22. The Bertz CT molecular complexity index is 469. The molecule has 1 aromatic rings. The zero-order chi connectivity index (χ0) is 11.0. The van der Waals surface area contributed by atoms with Gasteiger partial charge in [0, 0.05) is 17.1 Å². The van der Waals surface area contributed by atoms with Gasteiger partial charge in [0.05, 0.1) is 0 Å². The van der Waals surface area contributed by atoms with Crippen molar-refractivity contribution < 1.29 is 9.59 Å². The molecule has 1 aliphatic rings. The van der Waals surface area contributed by atoms with Gasteiger partial charge in [-0.1, -0.05) is 24.3 Å². The Hall–Kier alpha value is -1.70. The first-order chi connectivity index (χ1) is 7.09. The number of rotatable bonds is 3. The van der Waals surface area contributed by atoms with E-state index in [1.807, 2.05) is 24.3 Å². The van der Waals surface area contributed by atoms with Crippen molar-refractivity contribution in [1.29, 1.82) is 0 Å². The molecule has 0 saturated heterocycles. The minimum absolute atomic E-state index is 0.0573. The summed E-state index contributed by atoms with van der Waals surface area (Å²) in [5.41, 5.74) is 2.60. The zero-order valence-electron chi connectivity index (χ0n) is 8.78. The van der Waals surface area contributed by atoms with Crippen molar-refractivity contribution in [2.24, 2.45) is 0 Å². The summed E-state index contributed by atoms with van der Waals surface area (Å²) in [4.78, 5) is 22.2. The van der Waals surface area contributed by atoms with Crippen LogP contribution in [0.25, 0.3) is 0 Å². The molecule has 1 atom stereocenters. The summed E-state index contributed by atoms with van der Waals surface area (Å²) in [5.74, 6) is 0.317. The lowest BCUT2D eigenvalue weighted by Gasteiger charge is -2.02. The highest BCUT2D eigenvalue weighted by Crippen LogP contribution is 2.39. The summed E-state index contributed by atoms with van der Waals surface area (Å²) in [6.07, 6.45) is 1.93. The van der Waals surface area contributed by atoms with Crippen LogP contribution in [0.15, 0.2) is 35.9 Å². The molecular weight excluding hydrogens is 188 g/mol. The molecule has 0 aromatic heterocycles. The topological polar surface area (TPSA) is 34.1 Å². The fourth-order valence-corrected chi connectivity index (χ4v) is 1.69. The number of hydrogen-bond donors (Lipinski definition) is 0. The number of allylic oxidation sites excluding steroid dienone is 2. The van der Waals surface area contributed by atoms with Crippen molar-refractivity contribution >= 4 is 11.6 Å². The molecule has 2 heteroatoms. The van der Waals surface area contributed by atoms with E-state index in [9.17, 15) is 9.59 Å². The molecule has 2 rings (SSSR count). The summed E-state index contributed by atoms with van der Waals surface area (Å²) >= 11 is 0. The molecule has 0 saturated carbocycles. The van der Waals surface area contributed by atoms with E-state index < -0.39 is 0 Å². The van der Waals surface area contributed by atoms with Gasteiger partial charge in [-0.05, 0) is 25.5 Å². The lowest BCUT2D eigenvalue weighted by Crippen LogP contribution is -1.95. The Morgan fingerprint density at radius 2 is 1.87 bits per heavy atom. The molecule has 0 fully saturated rings. The molecule has 76 valence electrons. The Morgan fingerprint density at radius 3 is 2.40 bits per heavy atom. The molecular formula is C13H12O2. The van der Waals surface area contributed by atoms with Gasteiger partial charge < -0.3 is 0 Å². The van der Waals surface area contributed by atoms with Crippen molar-refractivity contribution in [3.8, 4) is 0 Å². The van der Waals surface area contributed by atoms with E-state index in [0.29, 0.717) is 5.56 Å². The number of carbonyl (C=O) groups excluding carboxylic acids is 2. The minimum atomic E-state index is 0.0573. The van der Waals surface area contributed by atoms with Crippen molar-refractivity contribution in [3.63, 3.8) is 0 Å². The molecule has 0 spiro atoms. The maximum Gasteiger partial charge on any atom is 0.159 e. The van der Waals surface area contributed by atoms with Gasteiger partial charge in [-0.25, -0.2) is 0 Å². The number of carbonyl (C=O) groups is 2. The summed E-state index contributed by atoms with van der Waals surface area (Å²) in [7, 11) is 0. The van der Waals surface area contributed by atoms with Crippen molar-refractivity contribution in [3.05, 3.63) is 47.0 Å². The third-order valence-corrected chi connectivity index (χ3v) is 2.63. The van der Waals surface area contributed by atoms with Crippen LogP contribution in [0.3, 0.4) is 0 Å². The largest absolute Gasteiger partial charge is 0.295 e. The van der Waals surface area contributed by atoms with Gasteiger partial charge in [-0.2, -0.15) is 0 Å². The number of ketones is 2. The van der Waals surface area contributed by atoms with Crippen molar-refractivity contribution in [2.45, 2.75) is 19.8 Å². The SMILES string of the molecule is CC(=O)C1=C[C@H]1c1cccc(C(C)=O)c1. The molecule has 0 bridgehead atoms. The van der Waals surface area contributed by atoms with Crippen LogP contribution in [0.4, 0.5) is 0 Å². The number of Topliss-reactive ketones (excluding diaryl/α,β-unsaturated/α-hetero) is 2. The molecule has 0 radical (unpaired) electrons. The molecule has 2 nitrogen and oxygen atoms in total. The zero-order valence-corrected chi connectivity index (χ0v) is 8.78. The maximum atomic E-state index is 11.2. The molecule has 1 aromatic carbocycles. The van der Waals surface area contributed by atoms with E-state index in [1.54, 1.807) is 19.9 Å². The molecule has 0 amide bonds. The molecule has 0 N–H and O–H groups in total. The van der Waals surface area contributed by atoms with Crippen LogP contribution in [0.5, 0.6) is 0 Å². The summed E-state index contributed by atoms with van der Waals surface area (Å²) < 4.78 is 0. The highest BCUT2D eigenvalue weighted by atomic mass is 16.1. The molecule has 0 unspecified atom stereocenters. The van der Waals surface area contributed by atoms with E-state index in [2.05, 4.69) is 0 Å². The number of hydrogen-bond acceptors (Lipinski definition) is 2. The second-order valence-electron chi connectivity index (χ2n) is 3.84. The summed E-state index contributed by atoms with van der Waals surface area (Å²) in [6, 6.07) is 7.46.